The summed E-state index contributed by atoms with van der Waals surface area (Å²) in [4.78, 5) is 25.4. The van der Waals surface area contributed by atoms with E-state index in [1.54, 1.807) is 0 Å². The number of carbonyl (C=O) groups excluding carboxylic acids is 2. The standard InChI is InChI=1S/C11H19N3O2.ClH/c1-12-5-4-11(16)14-8-2-3-9(14)7-13-10(15)6-8;/h8-9,12H,2-7H2,1H3,(H,13,15);1H. The number of hydrogen-bond donors (Lipinski definition) is 2. The lowest BCUT2D eigenvalue weighted by Crippen LogP contribution is -2.43. The van der Waals surface area contributed by atoms with Crippen molar-refractivity contribution in [1.29, 1.82) is 0 Å². The SMILES string of the molecule is CNCCC(=O)N1C2CCC1CC(=O)NC2.Cl. The molecule has 0 aromatic heterocycles. The van der Waals surface area contributed by atoms with Crippen molar-refractivity contribution in [1.82, 2.24) is 15.5 Å². The van der Waals surface area contributed by atoms with Gasteiger partial charge in [-0.2, -0.15) is 0 Å². The van der Waals surface area contributed by atoms with Gasteiger partial charge in [0, 0.05) is 38.0 Å². The highest BCUT2D eigenvalue weighted by molar-refractivity contribution is 5.85. The van der Waals surface area contributed by atoms with Crippen molar-refractivity contribution in [2.45, 2.75) is 37.8 Å². The molecule has 2 amide bonds. The van der Waals surface area contributed by atoms with Crippen LogP contribution in [-0.2, 0) is 9.59 Å². The molecule has 0 spiro atoms. The van der Waals surface area contributed by atoms with E-state index in [9.17, 15) is 9.59 Å². The fourth-order valence-electron chi connectivity index (χ4n) is 2.65. The molecule has 2 rings (SSSR count). The maximum Gasteiger partial charge on any atom is 0.224 e. The van der Waals surface area contributed by atoms with Crippen molar-refractivity contribution >= 4 is 24.2 Å². The third-order valence-corrected chi connectivity index (χ3v) is 3.45. The van der Waals surface area contributed by atoms with Gasteiger partial charge in [-0.05, 0) is 19.9 Å². The van der Waals surface area contributed by atoms with E-state index in [1.807, 2.05) is 11.9 Å². The third-order valence-electron chi connectivity index (χ3n) is 3.45. The zero-order chi connectivity index (χ0) is 11.5. The summed E-state index contributed by atoms with van der Waals surface area (Å²) in [5, 5.41) is 5.85. The average Bonchev–Trinajstić information content (AvgIpc) is 2.56. The van der Waals surface area contributed by atoms with E-state index < -0.39 is 0 Å². The van der Waals surface area contributed by atoms with Crippen molar-refractivity contribution in [3.63, 3.8) is 0 Å². The number of fused-ring (bicyclic) bond motifs is 2. The normalized spacial score (nSPS) is 27.1. The van der Waals surface area contributed by atoms with E-state index in [4.69, 9.17) is 0 Å². The van der Waals surface area contributed by atoms with Crippen molar-refractivity contribution in [2.75, 3.05) is 20.1 Å². The second-order valence-corrected chi connectivity index (χ2v) is 4.55. The quantitative estimate of drug-likeness (QED) is 0.746. The molecule has 2 bridgehead atoms. The van der Waals surface area contributed by atoms with Crippen LogP contribution in [0.3, 0.4) is 0 Å². The fraction of sp³-hybridized carbons (Fsp3) is 0.818. The minimum atomic E-state index is 0. The summed E-state index contributed by atoms with van der Waals surface area (Å²) in [5.74, 6) is 0.261. The largest absolute Gasteiger partial charge is 0.354 e. The molecule has 0 aromatic carbocycles. The minimum Gasteiger partial charge on any atom is -0.354 e. The Kier molecular flexibility index (Phi) is 5.21. The van der Waals surface area contributed by atoms with Crippen LogP contribution in [0.25, 0.3) is 0 Å². The topological polar surface area (TPSA) is 61.4 Å². The number of hydrogen-bond acceptors (Lipinski definition) is 3. The van der Waals surface area contributed by atoms with Crippen LogP contribution < -0.4 is 10.6 Å². The molecule has 98 valence electrons. The first-order valence-corrected chi connectivity index (χ1v) is 5.95. The van der Waals surface area contributed by atoms with Crippen molar-refractivity contribution in [3.8, 4) is 0 Å². The third kappa shape index (κ3) is 3.10. The maximum absolute atomic E-state index is 12.0. The molecule has 0 aliphatic carbocycles. The molecule has 2 atom stereocenters. The fourth-order valence-corrected chi connectivity index (χ4v) is 2.65. The van der Waals surface area contributed by atoms with Crippen molar-refractivity contribution in [2.24, 2.45) is 0 Å². The van der Waals surface area contributed by atoms with Crippen LogP contribution in [0.4, 0.5) is 0 Å². The predicted octanol–water partition coefficient (Wildman–Crippen LogP) is -0.103. The minimum absolute atomic E-state index is 0. The van der Waals surface area contributed by atoms with Crippen LogP contribution in [0.5, 0.6) is 0 Å². The molecular weight excluding hydrogens is 242 g/mol. The Hall–Kier alpha value is -0.810. The molecule has 2 N–H and O–H groups in total. The van der Waals surface area contributed by atoms with Gasteiger partial charge in [-0.15, -0.1) is 12.4 Å². The zero-order valence-corrected chi connectivity index (χ0v) is 10.9. The molecule has 0 aromatic rings. The van der Waals surface area contributed by atoms with Crippen molar-refractivity contribution < 1.29 is 9.59 Å². The number of nitrogens with zero attached hydrogens (tertiary/aromatic N) is 1. The summed E-state index contributed by atoms with van der Waals surface area (Å²) in [6, 6.07) is 0.359. The monoisotopic (exact) mass is 261 g/mol. The van der Waals surface area contributed by atoms with Crippen LogP contribution in [0.2, 0.25) is 0 Å². The predicted molar refractivity (Wildman–Crippen MR) is 67.1 cm³/mol. The highest BCUT2D eigenvalue weighted by Crippen LogP contribution is 2.28. The van der Waals surface area contributed by atoms with Gasteiger partial charge in [0.05, 0.1) is 0 Å². The van der Waals surface area contributed by atoms with Crippen LogP contribution in [0, 0.1) is 0 Å². The molecule has 2 aliphatic heterocycles. The Morgan fingerprint density at radius 2 is 2.18 bits per heavy atom. The molecule has 0 radical (unpaired) electrons. The first-order valence-electron chi connectivity index (χ1n) is 5.95. The molecule has 0 saturated carbocycles. The number of amides is 2. The van der Waals surface area contributed by atoms with Gasteiger partial charge in [-0.3, -0.25) is 9.59 Å². The number of rotatable bonds is 3. The van der Waals surface area contributed by atoms with Crippen LogP contribution in [-0.4, -0.2) is 48.9 Å². The summed E-state index contributed by atoms with van der Waals surface area (Å²) in [7, 11) is 1.84. The first-order chi connectivity index (χ1) is 7.72. The van der Waals surface area contributed by atoms with Gasteiger partial charge in [0.1, 0.15) is 0 Å². The Balaban J connectivity index is 0.00000144. The van der Waals surface area contributed by atoms with Gasteiger partial charge in [0.15, 0.2) is 0 Å². The lowest BCUT2D eigenvalue weighted by Gasteiger charge is -2.27. The zero-order valence-electron chi connectivity index (χ0n) is 10.1. The maximum atomic E-state index is 12.0. The van der Waals surface area contributed by atoms with Gasteiger partial charge >= 0.3 is 0 Å². The van der Waals surface area contributed by atoms with Gasteiger partial charge in [0.2, 0.25) is 11.8 Å². The summed E-state index contributed by atoms with van der Waals surface area (Å²) in [6.45, 7) is 1.33. The van der Waals surface area contributed by atoms with Crippen LogP contribution in [0.1, 0.15) is 25.7 Å². The van der Waals surface area contributed by atoms with Gasteiger partial charge in [0.25, 0.3) is 0 Å². The number of nitrogens with one attached hydrogen (secondary N) is 2. The van der Waals surface area contributed by atoms with Gasteiger partial charge in [-0.1, -0.05) is 0 Å². The van der Waals surface area contributed by atoms with E-state index in [1.165, 1.54) is 0 Å². The molecular formula is C11H20ClN3O2. The first kappa shape index (κ1) is 14.3. The lowest BCUT2D eigenvalue weighted by atomic mass is 10.1. The smallest absolute Gasteiger partial charge is 0.224 e. The summed E-state index contributed by atoms with van der Waals surface area (Å²) < 4.78 is 0. The van der Waals surface area contributed by atoms with Gasteiger partial charge < -0.3 is 15.5 Å². The molecule has 2 unspecified atom stereocenters. The molecule has 5 nitrogen and oxygen atoms in total. The van der Waals surface area contributed by atoms with E-state index in [-0.39, 0.29) is 36.3 Å². The number of halogens is 1. The van der Waals surface area contributed by atoms with E-state index in [0.29, 0.717) is 25.9 Å². The van der Waals surface area contributed by atoms with E-state index in [2.05, 4.69) is 10.6 Å². The summed E-state index contributed by atoms with van der Waals surface area (Å²) in [6.07, 6.45) is 3.00. The molecule has 6 heteroatoms. The summed E-state index contributed by atoms with van der Waals surface area (Å²) in [5.41, 5.74) is 0. The Labute approximate surface area is 108 Å². The Morgan fingerprint density at radius 1 is 1.47 bits per heavy atom. The van der Waals surface area contributed by atoms with Crippen molar-refractivity contribution in [3.05, 3.63) is 0 Å². The number of carbonyl (C=O) groups is 2. The molecule has 2 saturated heterocycles. The van der Waals surface area contributed by atoms with Crippen LogP contribution >= 0.6 is 12.4 Å². The highest BCUT2D eigenvalue weighted by Gasteiger charge is 2.39. The van der Waals surface area contributed by atoms with E-state index >= 15 is 0 Å². The molecule has 17 heavy (non-hydrogen) atoms. The van der Waals surface area contributed by atoms with E-state index in [0.717, 1.165) is 12.8 Å². The Bertz CT molecular complexity index is 298. The lowest BCUT2D eigenvalue weighted by molar-refractivity contribution is -0.133. The second kappa shape index (κ2) is 6.21. The van der Waals surface area contributed by atoms with Gasteiger partial charge in [-0.25, -0.2) is 0 Å². The molecule has 2 heterocycles. The highest BCUT2D eigenvalue weighted by atomic mass is 35.5. The average molecular weight is 262 g/mol. The molecule has 2 fully saturated rings. The summed E-state index contributed by atoms with van der Waals surface area (Å²) >= 11 is 0. The Morgan fingerprint density at radius 3 is 2.88 bits per heavy atom. The molecule has 2 aliphatic rings. The van der Waals surface area contributed by atoms with Crippen LogP contribution in [0.15, 0.2) is 0 Å². The second-order valence-electron chi connectivity index (χ2n) is 4.55.